The number of nitrogens with one attached hydrogen (secondary N) is 1. The Bertz CT molecular complexity index is 825. The molecule has 1 atom stereocenters. The van der Waals surface area contributed by atoms with E-state index < -0.39 is 11.9 Å². The molecule has 1 N–H and O–H groups in total. The topological polar surface area (TPSA) is 79.6 Å². The van der Waals surface area contributed by atoms with Crippen LogP contribution in [0.15, 0.2) is 41.0 Å². The Morgan fingerprint density at radius 3 is 2.58 bits per heavy atom. The first-order chi connectivity index (χ1) is 11.6. The monoisotopic (exact) mass is 324 g/mol. The third-order valence-electron chi connectivity index (χ3n) is 4.55. The third kappa shape index (κ3) is 2.31. The first-order valence-corrected chi connectivity index (χ1v) is 7.96. The Morgan fingerprint density at radius 1 is 1.04 bits per heavy atom. The average Bonchev–Trinajstić information content (AvgIpc) is 3.00. The molecule has 1 saturated heterocycles. The number of nitrogens with zero attached hydrogens (tertiary/aromatic N) is 1. The van der Waals surface area contributed by atoms with E-state index in [0.717, 1.165) is 16.7 Å². The quantitative estimate of drug-likeness (QED) is 0.857. The number of carbonyl (C=O) groups excluding carboxylic acids is 3. The Hall–Kier alpha value is -2.89. The number of imide groups is 1. The fourth-order valence-corrected chi connectivity index (χ4v) is 3.39. The molecule has 3 heterocycles. The van der Waals surface area contributed by atoms with Crippen molar-refractivity contribution < 1.29 is 18.8 Å². The predicted molar refractivity (Wildman–Crippen MR) is 86.1 cm³/mol. The van der Waals surface area contributed by atoms with E-state index in [4.69, 9.17) is 4.42 Å². The summed E-state index contributed by atoms with van der Waals surface area (Å²) in [4.78, 5) is 37.4. The van der Waals surface area contributed by atoms with Gasteiger partial charge in [0.25, 0.3) is 0 Å². The van der Waals surface area contributed by atoms with Crippen LogP contribution in [0.5, 0.6) is 0 Å². The van der Waals surface area contributed by atoms with Crippen molar-refractivity contribution >= 4 is 23.6 Å². The van der Waals surface area contributed by atoms with Gasteiger partial charge in [-0.3, -0.25) is 24.6 Å². The third-order valence-corrected chi connectivity index (χ3v) is 4.55. The van der Waals surface area contributed by atoms with Gasteiger partial charge in [0.1, 0.15) is 12.3 Å². The minimum absolute atomic E-state index is 0.147. The van der Waals surface area contributed by atoms with Crippen LogP contribution in [-0.4, -0.2) is 23.8 Å². The highest BCUT2D eigenvalue weighted by molar-refractivity contribution is 6.07. The number of anilines is 1. The largest absolute Gasteiger partial charge is 0.447 e. The molecule has 1 unspecified atom stereocenters. The molecule has 3 amide bonds. The first-order valence-electron chi connectivity index (χ1n) is 7.96. The number of rotatable bonds is 2. The number of piperidine rings is 1. The maximum absolute atomic E-state index is 12.4. The summed E-state index contributed by atoms with van der Waals surface area (Å²) in [6.07, 6.45) is 3.08. The lowest BCUT2D eigenvalue weighted by Gasteiger charge is -2.34. The number of carbonyl (C=O) groups is 3. The van der Waals surface area contributed by atoms with Crippen LogP contribution in [0.2, 0.25) is 0 Å². The van der Waals surface area contributed by atoms with Gasteiger partial charge in [0.2, 0.25) is 23.6 Å². The lowest BCUT2D eigenvalue weighted by molar-refractivity contribution is -0.136. The van der Waals surface area contributed by atoms with Crippen LogP contribution in [-0.2, 0) is 20.8 Å². The van der Waals surface area contributed by atoms with Gasteiger partial charge in [0, 0.05) is 24.0 Å². The molecule has 2 aliphatic heterocycles. The van der Waals surface area contributed by atoms with Gasteiger partial charge in [-0.15, -0.1) is 0 Å². The second-order valence-electron chi connectivity index (χ2n) is 6.03. The normalized spacial score (nSPS) is 20.8. The van der Waals surface area contributed by atoms with Crippen LogP contribution >= 0.6 is 0 Å². The van der Waals surface area contributed by atoms with Crippen LogP contribution in [0.3, 0.4) is 0 Å². The maximum atomic E-state index is 12.4. The summed E-state index contributed by atoms with van der Waals surface area (Å²) in [6, 6.07) is 9.11. The van der Waals surface area contributed by atoms with Crippen molar-refractivity contribution in [3.63, 3.8) is 0 Å². The van der Waals surface area contributed by atoms with E-state index in [-0.39, 0.29) is 18.2 Å². The molecule has 24 heavy (non-hydrogen) atoms. The Morgan fingerprint density at radius 2 is 1.83 bits per heavy atom. The van der Waals surface area contributed by atoms with Gasteiger partial charge >= 0.3 is 0 Å². The molecule has 1 aromatic heterocycles. The highest BCUT2D eigenvalue weighted by Crippen LogP contribution is 2.39. The molecule has 4 rings (SSSR count). The number of amides is 3. The highest BCUT2D eigenvalue weighted by atomic mass is 16.4. The SMILES string of the molecule is O=C1CCC(N2C(=O)CCc3c(-c4ccccc4)coc32)C(=O)N1. The van der Waals surface area contributed by atoms with Crippen molar-refractivity contribution in [1.82, 2.24) is 5.32 Å². The summed E-state index contributed by atoms with van der Waals surface area (Å²) in [5.41, 5.74) is 2.89. The van der Waals surface area contributed by atoms with Crippen molar-refractivity contribution in [2.24, 2.45) is 0 Å². The summed E-state index contributed by atoms with van der Waals surface area (Å²) in [5, 5.41) is 2.30. The number of fused-ring (bicyclic) bond motifs is 1. The van der Waals surface area contributed by atoms with E-state index in [2.05, 4.69) is 5.32 Å². The molecule has 0 bridgehead atoms. The van der Waals surface area contributed by atoms with Crippen LogP contribution in [0, 0.1) is 0 Å². The standard InChI is InChI=1S/C18H16N2O4/c21-15-8-7-14(17(23)19-15)20-16(22)9-6-12-13(10-24-18(12)20)11-4-2-1-3-5-11/h1-5,10,14H,6-9H2,(H,19,21,23). The molecule has 6 nitrogen and oxygen atoms in total. The zero-order valence-corrected chi connectivity index (χ0v) is 13.0. The van der Waals surface area contributed by atoms with Gasteiger partial charge in [0.05, 0.1) is 0 Å². The van der Waals surface area contributed by atoms with Crippen molar-refractivity contribution in [3.8, 4) is 11.1 Å². The highest BCUT2D eigenvalue weighted by Gasteiger charge is 2.40. The molecular weight excluding hydrogens is 308 g/mol. The predicted octanol–water partition coefficient (Wildman–Crippen LogP) is 2.03. The minimum Gasteiger partial charge on any atom is -0.447 e. The second-order valence-corrected chi connectivity index (χ2v) is 6.03. The Balaban J connectivity index is 1.74. The zero-order valence-electron chi connectivity index (χ0n) is 13.0. The van der Waals surface area contributed by atoms with E-state index >= 15 is 0 Å². The molecule has 2 aliphatic rings. The van der Waals surface area contributed by atoms with Crippen LogP contribution in [0.4, 0.5) is 5.88 Å². The molecule has 6 heteroatoms. The van der Waals surface area contributed by atoms with E-state index in [0.29, 0.717) is 25.1 Å². The zero-order chi connectivity index (χ0) is 16.7. The summed E-state index contributed by atoms with van der Waals surface area (Å²) >= 11 is 0. The lowest BCUT2D eigenvalue weighted by Crippen LogP contribution is -2.55. The van der Waals surface area contributed by atoms with E-state index in [1.807, 2.05) is 30.3 Å². The van der Waals surface area contributed by atoms with Crippen molar-refractivity contribution in [2.45, 2.75) is 31.7 Å². The lowest BCUT2D eigenvalue weighted by atomic mass is 9.95. The van der Waals surface area contributed by atoms with Gasteiger partial charge in [-0.05, 0) is 18.4 Å². The number of hydrogen-bond acceptors (Lipinski definition) is 4. The van der Waals surface area contributed by atoms with Crippen molar-refractivity contribution in [3.05, 3.63) is 42.2 Å². The van der Waals surface area contributed by atoms with Crippen LogP contribution < -0.4 is 10.2 Å². The van der Waals surface area contributed by atoms with Gasteiger partial charge < -0.3 is 4.42 Å². The molecule has 0 saturated carbocycles. The fraction of sp³-hybridized carbons (Fsp3) is 0.278. The van der Waals surface area contributed by atoms with Gasteiger partial charge in [-0.2, -0.15) is 0 Å². The summed E-state index contributed by atoms with van der Waals surface area (Å²) in [7, 11) is 0. The summed E-state index contributed by atoms with van der Waals surface area (Å²) < 4.78 is 5.69. The number of hydrogen-bond donors (Lipinski definition) is 1. The maximum Gasteiger partial charge on any atom is 0.249 e. The van der Waals surface area contributed by atoms with E-state index in [1.54, 1.807) is 6.26 Å². The molecule has 0 spiro atoms. The molecule has 1 fully saturated rings. The fourth-order valence-electron chi connectivity index (χ4n) is 3.39. The van der Waals surface area contributed by atoms with Crippen molar-refractivity contribution in [2.75, 3.05) is 4.90 Å². The van der Waals surface area contributed by atoms with Crippen LogP contribution in [0.25, 0.3) is 11.1 Å². The molecular formula is C18H16N2O4. The Labute approximate surface area is 138 Å². The van der Waals surface area contributed by atoms with Crippen LogP contribution in [0.1, 0.15) is 24.8 Å². The summed E-state index contributed by atoms with van der Waals surface area (Å²) in [5.74, 6) is -0.457. The summed E-state index contributed by atoms with van der Waals surface area (Å²) in [6.45, 7) is 0. The van der Waals surface area contributed by atoms with Gasteiger partial charge in [-0.1, -0.05) is 30.3 Å². The van der Waals surface area contributed by atoms with Gasteiger partial charge in [0.15, 0.2) is 0 Å². The molecule has 0 aliphatic carbocycles. The molecule has 122 valence electrons. The molecule has 0 radical (unpaired) electrons. The molecule has 1 aromatic carbocycles. The second kappa shape index (κ2) is 5.63. The first kappa shape index (κ1) is 14.7. The van der Waals surface area contributed by atoms with Crippen molar-refractivity contribution in [1.29, 1.82) is 0 Å². The number of benzene rings is 1. The smallest absolute Gasteiger partial charge is 0.249 e. The number of furan rings is 1. The van der Waals surface area contributed by atoms with E-state index in [1.165, 1.54) is 4.90 Å². The minimum atomic E-state index is -0.691. The Kier molecular flexibility index (Phi) is 3.45. The molecule has 2 aromatic rings. The van der Waals surface area contributed by atoms with E-state index in [9.17, 15) is 14.4 Å². The average molecular weight is 324 g/mol. The van der Waals surface area contributed by atoms with Gasteiger partial charge in [-0.25, -0.2) is 0 Å².